The van der Waals surface area contributed by atoms with E-state index in [2.05, 4.69) is 4.98 Å². The molecule has 0 unspecified atom stereocenters. The minimum absolute atomic E-state index is 0.0827. The lowest BCUT2D eigenvalue weighted by atomic mass is 10.1. The van der Waals surface area contributed by atoms with Gasteiger partial charge in [-0.05, 0) is 55.0 Å². The van der Waals surface area contributed by atoms with Crippen LogP contribution in [0.15, 0.2) is 70.1 Å². The summed E-state index contributed by atoms with van der Waals surface area (Å²) in [4.78, 5) is 31.3. The molecule has 0 radical (unpaired) electrons. The zero-order valence-corrected chi connectivity index (χ0v) is 18.1. The smallest absolute Gasteiger partial charge is 0.261 e. The van der Waals surface area contributed by atoms with E-state index in [-0.39, 0.29) is 24.4 Å². The van der Waals surface area contributed by atoms with Crippen molar-refractivity contribution in [1.82, 2.24) is 14.5 Å². The Morgan fingerprint density at radius 3 is 2.68 bits per heavy atom. The van der Waals surface area contributed by atoms with Crippen LogP contribution in [0.25, 0.3) is 22.2 Å². The van der Waals surface area contributed by atoms with E-state index in [1.807, 2.05) is 43.3 Å². The number of hydrogen-bond acceptors (Lipinski definition) is 4. The average Bonchev–Trinajstić information content (AvgIpc) is 3.22. The zero-order valence-electron chi connectivity index (χ0n) is 17.3. The molecule has 0 saturated heterocycles. The summed E-state index contributed by atoms with van der Waals surface area (Å²) in [5.41, 5.74) is 2.43. The Labute approximate surface area is 184 Å². The second-order valence-electron chi connectivity index (χ2n) is 7.49. The molecular weight excluding hydrogens is 414 g/mol. The SMILES string of the molecule is Cc1cccc2c(=O)n(CCC(=O)N(C)Cc3ccc(-c4ccc(Cl)cc4)o3)cnc12. The molecule has 0 N–H and O–H groups in total. The molecule has 0 spiro atoms. The van der Waals surface area contributed by atoms with Gasteiger partial charge in [-0.3, -0.25) is 14.2 Å². The molecule has 0 saturated carbocycles. The lowest BCUT2D eigenvalue weighted by Crippen LogP contribution is -2.29. The Kier molecular flexibility index (Phi) is 5.91. The number of aromatic nitrogens is 2. The highest BCUT2D eigenvalue weighted by molar-refractivity contribution is 6.30. The summed E-state index contributed by atoms with van der Waals surface area (Å²) in [6.07, 6.45) is 1.70. The summed E-state index contributed by atoms with van der Waals surface area (Å²) in [6.45, 7) is 2.54. The number of benzene rings is 2. The maximum Gasteiger partial charge on any atom is 0.261 e. The quantitative estimate of drug-likeness (QED) is 0.441. The monoisotopic (exact) mass is 435 g/mol. The van der Waals surface area contributed by atoms with Crippen molar-refractivity contribution >= 4 is 28.4 Å². The summed E-state index contributed by atoms with van der Waals surface area (Å²) >= 11 is 5.93. The first-order chi connectivity index (χ1) is 14.9. The number of fused-ring (bicyclic) bond motifs is 1. The van der Waals surface area contributed by atoms with Crippen molar-refractivity contribution in [1.29, 1.82) is 0 Å². The second kappa shape index (κ2) is 8.78. The highest BCUT2D eigenvalue weighted by atomic mass is 35.5. The van der Waals surface area contributed by atoms with E-state index in [1.54, 1.807) is 30.1 Å². The van der Waals surface area contributed by atoms with Gasteiger partial charge in [0.15, 0.2) is 0 Å². The average molecular weight is 436 g/mol. The Morgan fingerprint density at radius 2 is 1.90 bits per heavy atom. The van der Waals surface area contributed by atoms with E-state index >= 15 is 0 Å². The molecule has 31 heavy (non-hydrogen) atoms. The predicted octanol–water partition coefficient (Wildman–Crippen LogP) is 4.67. The van der Waals surface area contributed by atoms with Crippen LogP contribution in [0.1, 0.15) is 17.7 Å². The van der Waals surface area contributed by atoms with Crippen molar-refractivity contribution < 1.29 is 9.21 Å². The van der Waals surface area contributed by atoms with Crippen LogP contribution in [-0.4, -0.2) is 27.4 Å². The van der Waals surface area contributed by atoms with Crippen molar-refractivity contribution in [3.8, 4) is 11.3 Å². The van der Waals surface area contributed by atoms with Gasteiger partial charge >= 0.3 is 0 Å². The summed E-state index contributed by atoms with van der Waals surface area (Å²) in [6, 6.07) is 16.6. The molecule has 0 aliphatic rings. The van der Waals surface area contributed by atoms with Gasteiger partial charge in [0.25, 0.3) is 5.56 Å². The first-order valence-corrected chi connectivity index (χ1v) is 10.3. The topological polar surface area (TPSA) is 68.3 Å². The van der Waals surface area contributed by atoms with Crippen molar-refractivity contribution in [3.05, 3.63) is 87.6 Å². The lowest BCUT2D eigenvalue weighted by Gasteiger charge is -2.16. The van der Waals surface area contributed by atoms with Crippen LogP contribution in [0.4, 0.5) is 0 Å². The lowest BCUT2D eigenvalue weighted by molar-refractivity contribution is -0.130. The largest absolute Gasteiger partial charge is 0.459 e. The highest BCUT2D eigenvalue weighted by Crippen LogP contribution is 2.24. The Balaban J connectivity index is 1.39. The van der Waals surface area contributed by atoms with Crippen molar-refractivity contribution in [2.45, 2.75) is 26.4 Å². The van der Waals surface area contributed by atoms with Crippen molar-refractivity contribution in [2.75, 3.05) is 7.05 Å². The van der Waals surface area contributed by atoms with E-state index in [1.165, 1.54) is 10.9 Å². The number of carbonyl (C=O) groups is 1. The first kappa shape index (κ1) is 20.9. The van der Waals surface area contributed by atoms with E-state index in [4.69, 9.17) is 16.0 Å². The van der Waals surface area contributed by atoms with Gasteiger partial charge in [-0.15, -0.1) is 0 Å². The second-order valence-corrected chi connectivity index (χ2v) is 7.92. The Bertz CT molecular complexity index is 1290. The van der Waals surface area contributed by atoms with Gasteiger partial charge in [0, 0.05) is 30.6 Å². The van der Waals surface area contributed by atoms with Crippen LogP contribution >= 0.6 is 11.6 Å². The Hall–Kier alpha value is -3.38. The van der Waals surface area contributed by atoms with Gasteiger partial charge in [-0.2, -0.15) is 0 Å². The minimum atomic E-state index is -0.136. The van der Waals surface area contributed by atoms with Gasteiger partial charge in [0.2, 0.25) is 5.91 Å². The molecule has 0 bridgehead atoms. The van der Waals surface area contributed by atoms with Crippen LogP contribution in [0.5, 0.6) is 0 Å². The molecular formula is C24H22ClN3O3. The molecule has 0 aliphatic carbocycles. The highest BCUT2D eigenvalue weighted by Gasteiger charge is 2.14. The van der Waals surface area contributed by atoms with E-state index in [0.29, 0.717) is 28.2 Å². The molecule has 2 aromatic carbocycles. The standard InChI is InChI=1S/C24H22ClN3O3/c1-16-4-3-5-20-23(16)26-15-28(24(20)30)13-12-22(29)27(2)14-19-10-11-21(31-19)17-6-8-18(25)9-7-17/h3-11,15H,12-14H2,1-2H3. The minimum Gasteiger partial charge on any atom is -0.459 e. The van der Waals surface area contributed by atoms with E-state index < -0.39 is 0 Å². The van der Waals surface area contributed by atoms with Gasteiger partial charge in [-0.1, -0.05) is 23.7 Å². The molecule has 0 aliphatic heterocycles. The molecule has 2 heterocycles. The number of aryl methyl sites for hydroxylation is 2. The van der Waals surface area contributed by atoms with Crippen LogP contribution in [0, 0.1) is 6.92 Å². The molecule has 7 heteroatoms. The van der Waals surface area contributed by atoms with Gasteiger partial charge in [0.1, 0.15) is 11.5 Å². The fourth-order valence-corrected chi connectivity index (χ4v) is 3.58. The Morgan fingerprint density at radius 1 is 1.13 bits per heavy atom. The summed E-state index contributed by atoms with van der Waals surface area (Å²) in [5, 5.41) is 1.23. The van der Waals surface area contributed by atoms with Crippen LogP contribution < -0.4 is 5.56 Å². The maximum absolute atomic E-state index is 12.7. The molecule has 0 atom stereocenters. The maximum atomic E-state index is 12.7. The number of hydrogen-bond donors (Lipinski definition) is 0. The normalized spacial score (nSPS) is 11.1. The number of halogens is 1. The zero-order chi connectivity index (χ0) is 22.0. The third kappa shape index (κ3) is 4.54. The summed E-state index contributed by atoms with van der Waals surface area (Å²) < 4.78 is 7.35. The third-order valence-electron chi connectivity index (χ3n) is 5.23. The number of carbonyl (C=O) groups excluding carboxylic acids is 1. The number of nitrogens with zero attached hydrogens (tertiary/aromatic N) is 3. The number of amides is 1. The van der Waals surface area contributed by atoms with Gasteiger partial charge < -0.3 is 9.32 Å². The molecule has 2 aromatic heterocycles. The van der Waals surface area contributed by atoms with Crippen LogP contribution in [-0.2, 0) is 17.9 Å². The molecule has 158 valence electrons. The van der Waals surface area contributed by atoms with E-state index in [9.17, 15) is 9.59 Å². The summed E-state index contributed by atoms with van der Waals surface area (Å²) in [5.74, 6) is 1.32. The van der Waals surface area contributed by atoms with E-state index in [0.717, 1.165) is 16.9 Å². The molecule has 4 rings (SSSR count). The number of rotatable bonds is 6. The fraction of sp³-hybridized carbons (Fsp3) is 0.208. The van der Waals surface area contributed by atoms with Gasteiger partial charge in [-0.25, -0.2) is 4.98 Å². The number of furan rings is 1. The molecule has 0 fully saturated rings. The molecule has 4 aromatic rings. The fourth-order valence-electron chi connectivity index (χ4n) is 3.46. The summed E-state index contributed by atoms with van der Waals surface area (Å²) in [7, 11) is 1.72. The third-order valence-corrected chi connectivity index (χ3v) is 5.48. The van der Waals surface area contributed by atoms with Crippen LogP contribution in [0.3, 0.4) is 0 Å². The van der Waals surface area contributed by atoms with Crippen molar-refractivity contribution in [3.63, 3.8) is 0 Å². The van der Waals surface area contributed by atoms with Gasteiger partial charge in [0.05, 0.1) is 23.8 Å². The molecule has 6 nitrogen and oxygen atoms in total. The number of para-hydroxylation sites is 1. The first-order valence-electron chi connectivity index (χ1n) is 9.96. The predicted molar refractivity (Wildman–Crippen MR) is 121 cm³/mol. The van der Waals surface area contributed by atoms with Crippen LogP contribution in [0.2, 0.25) is 5.02 Å². The van der Waals surface area contributed by atoms with Crippen molar-refractivity contribution in [2.24, 2.45) is 0 Å². The molecule has 1 amide bonds.